The van der Waals surface area contributed by atoms with Crippen LogP contribution in [-0.4, -0.2) is 15.5 Å². The van der Waals surface area contributed by atoms with Crippen LogP contribution in [0, 0.1) is 0 Å². The molecule has 22 heavy (non-hydrogen) atoms. The minimum atomic E-state index is -0.279. The summed E-state index contributed by atoms with van der Waals surface area (Å²) in [6.45, 7) is 0.437. The maximum atomic E-state index is 12.0. The molecule has 0 aliphatic carbocycles. The van der Waals surface area contributed by atoms with Crippen molar-refractivity contribution < 1.29 is 9.53 Å². The number of rotatable bonds is 5. The fraction of sp³-hybridized carbons (Fsp3) is 0.111. The first kappa shape index (κ1) is 14.1. The van der Waals surface area contributed by atoms with Crippen LogP contribution in [0.4, 0.5) is 0 Å². The average molecular weight is 292 g/mol. The van der Waals surface area contributed by atoms with Crippen LogP contribution >= 0.6 is 0 Å². The van der Waals surface area contributed by atoms with Crippen LogP contribution in [-0.2, 0) is 22.7 Å². The Morgan fingerprint density at radius 3 is 2.41 bits per heavy atom. The molecular weight excluding hydrogens is 276 g/mol. The molecule has 1 heterocycles. The van der Waals surface area contributed by atoms with Crippen molar-refractivity contribution in [1.29, 1.82) is 0 Å². The number of benzene rings is 2. The lowest BCUT2D eigenvalue weighted by atomic mass is 10.2. The van der Waals surface area contributed by atoms with Crippen molar-refractivity contribution in [3.63, 3.8) is 0 Å². The standard InChI is InChI=1S/C18H16N2O2/c21-17(22-14-15-7-3-1-4-8-15)13-20-12-11-19-18(20)16-9-5-2-6-10-16/h1-12H,13-14H2. The van der Waals surface area contributed by atoms with Gasteiger partial charge in [-0.1, -0.05) is 60.7 Å². The summed E-state index contributed by atoms with van der Waals surface area (Å²) in [4.78, 5) is 16.3. The fourth-order valence-electron chi connectivity index (χ4n) is 2.21. The molecule has 0 spiro atoms. The summed E-state index contributed by atoms with van der Waals surface area (Å²) in [5.41, 5.74) is 1.95. The SMILES string of the molecule is O=C(Cn1ccnc1-c1ccccc1)OCc1ccccc1. The van der Waals surface area contributed by atoms with Gasteiger partial charge in [-0.3, -0.25) is 4.79 Å². The number of hydrogen-bond donors (Lipinski definition) is 0. The number of imidazole rings is 1. The second-order valence-electron chi connectivity index (χ2n) is 4.89. The zero-order chi connectivity index (χ0) is 15.2. The summed E-state index contributed by atoms with van der Waals surface area (Å²) >= 11 is 0. The fourth-order valence-corrected chi connectivity index (χ4v) is 2.21. The Labute approximate surface area is 129 Å². The normalized spacial score (nSPS) is 10.4. The number of nitrogens with zero attached hydrogens (tertiary/aromatic N) is 2. The molecule has 0 aliphatic rings. The predicted molar refractivity (Wildman–Crippen MR) is 83.9 cm³/mol. The molecule has 0 bridgehead atoms. The molecule has 3 aromatic rings. The molecule has 4 nitrogen and oxygen atoms in total. The minimum absolute atomic E-state index is 0.150. The molecule has 1 aromatic heterocycles. The Hall–Kier alpha value is -2.88. The van der Waals surface area contributed by atoms with E-state index in [1.165, 1.54) is 0 Å². The van der Waals surface area contributed by atoms with Crippen LogP contribution in [0.3, 0.4) is 0 Å². The van der Waals surface area contributed by atoms with E-state index in [0.29, 0.717) is 0 Å². The monoisotopic (exact) mass is 292 g/mol. The lowest BCUT2D eigenvalue weighted by Crippen LogP contribution is -2.13. The zero-order valence-corrected chi connectivity index (χ0v) is 12.1. The van der Waals surface area contributed by atoms with Crippen LogP contribution in [0.25, 0.3) is 11.4 Å². The first-order valence-corrected chi connectivity index (χ1v) is 7.09. The average Bonchev–Trinajstić information content (AvgIpc) is 3.03. The molecule has 0 saturated heterocycles. The summed E-state index contributed by atoms with van der Waals surface area (Å²) in [6, 6.07) is 19.4. The van der Waals surface area contributed by atoms with Crippen LogP contribution in [0.2, 0.25) is 0 Å². The van der Waals surface area contributed by atoms with E-state index >= 15 is 0 Å². The Balaban J connectivity index is 1.64. The maximum Gasteiger partial charge on any atom is 0.326 e. The van der Waals surface area contributed by atoms with Crippen LogP contribution in [0.1, 0.15) is 5.56 Å². The second kappa shape index (κ2) is 6.72. The van der Waals surface area contributed by atoms with Crippen molar-refractivity contribution >= 4 is 5.97 Å². The topological polar surface area (TPSA) is 44.1 Å². The van der Waals surface area contributed by atoms with E-state index in [9.17, 15) is 4.79 Å². The molecule has 2 aromatic carbocycles. The van der Waals surface area contributed by atoms with Gasteiger partial charge in [-0.15, -0.1) is 0 Å². The number of carbonyl (C=O) groups is 1. The van der Waals surface area contributed by atoms with Gasteiger partial charge in [0.25, 0.3) is 0 Å². The summed E-state index contributed by atoms with van der Waals surface area (Å²) < 4.78 is 7.10. The third-order valence-electron chi connectivity index (χ3n) is 3.29. The van der Waals surface area contributed by atoms with Gasteiger partial charge in [-0.25, -0.2) is 4.98 Å². The van der Waals surface area contributed by atoms with Gasteiger partial charge in [0.2, 0.25) is 0 Å². The van der Waals surface area contributed by atoms with Gasteiger partial charge in [0.1, 0.15) is 19.0 Å². The van der Waals surface area contributed by atoms with Crippen molar-refractivity contribution in [3.8, 4) is 11.4 Å². The van der Waals surface area contributed by atoms with Crippen molar-refractivity contribution in [2.75, 3.05) is 0 Å². The van der Waals surface area contributed by atoms with Gasteiger partial charge in [0, 0.05) is 18.0 Å². The molecule has 0 atom stereocenters. The lowest BCUT2D eigenvalue weighted by molar-refractivity contribution is -0.145. The van der Waals surface area contributed by atoms with Gasteiger partial charge in [-0.05, 0) is 5.56 Å². The van der Waals surface area contributed by atoms with Gasteiger partial charge >= 0.3 is 5.97 Å². The summed E-state index contributed by atoms with van der Waals surface area (Å²) in [7, 11) is 0. The highest BCUT2D eigenvalue weighted by atomic mass is 16.5. The third kappa shape index (κ3) is 3.41. The molecular formula is C18H16N2O2. The van der Waals surface area contributed by atoms with E-state index in [2.05, 4.69) is 4.98 Å². The molecule has 0 N–H and O–H groups in total. The van der Waals surface area contributed by atoms with E-state index in [-0.39, 0.29) is 19.1 Å². The second-order valence-corrected chi connectivity index (χ2v) is 4.89. The zero-order valence-electron chi connectivity index (χ0n) is 12.1. The highest BCUT2D eigenvalue weighted by Gasteiger charge is 2.10. The largest absolute Gasteiger partial charge is 0.459 e. The Morgan fingerprint density at radius 2 is 1.68 bits per heavy atom. The number of ether oxygens (including phenoxy) is 1. The third-order valence-corrected chi connectivity index (χ3v) is 3.29. The molecule has 3 rings (SSSR count). The Morgan fingerprint density at radius 1 is 1.00 bits per heavy atom. The van der Waals surface area contributed by atoms with Gasteiger partial charge in [0.15, 0.2) is 0 Å². The minimum Gasteiger partial charge on any atom is -0.459 e. The molecule has 0 radical (unpaired) electrons. The van der Waals surface area contributed by atoms with Gasteiger partial charge in [-0.2, -0.15) is 0 Å². The number of aromatic nitrogens is 2. The van der Waals surface area contributed by atoms with Crippen LogP contribution < -0.4 is 0 Å². The summed E-state index contributed by atoms with van der Waals surface area (Å²) in [5.74, 6) is 0.483. The quantitative estimate of drug-likeness (QED) is 0.678. The van der Waals surface area contributed by atoms with Gasteiger partial charge in [0.05, 0.1) is 0 Å². The maximum absolute atomic E-state index is 12.0. The van der Waals surface area contributed by atoms with E-state index in [1.54, 1.807) is 17.0 Å². The van der Waals surface area contributed by atoms with Crippen molar-refractivity contribution in [3.05, 3.63) is 78.6 Å². The van der Waals surface area contributed by atoms with E-state index < -0.39 is 0 Å². The highest BCUT2D eigenvalue weighted by molar-refractivity contribution is 5.70. The van der Waals surface area contributed by atoms with Crippen LogP contribution in [0.5, 0.6) is 0 Å². The summed E-state index contributed by atoms with van der Waals surface area (Å²) in [6.07, 6.45) is 3.47. The van der Waals surface area contributed by atoms with Crippen molar-refractivity contribution in [1.82, 2.24) is 9.55 Å². The smallest absolute Gasteiger partial charge is 0.326 e. The van der Waals surface area contributed by atoms with Crippen molar-refractivity contribution in [2.24, 2.45) is 0 Å². The number of hydrogen-bond acceptors (Lipinski definition) is 3. The molecule has 0 amide bonds. The van der Waals surface area contributed by atoms with E-state index in [0.717, 1.165) is 17.0 Å². The van der Waals surface area contributed by atoms with E-state index in [1.807, 2.05) is 60.7 Å². The molecule has 0 fully saturated rings. The lowest BCUT2D eigenvalue weighted by Gasteiger charge is -2.08. The Kier molecular flexibility index (Phi) is 4.30. The summed E-state index contributed by atoms with van der Waals surface area (Å²) in [5, 5.41) is 0. The number of carbonyl (C=O) groups excluding carboxylic acids is 1. The number of esters is 1. The van der Waals surface area contributed by atoms with Crippen LogP contribution in [0.15, 0.2) is 73.1 Å². The molecule has 0 aliphatic heterocycles. The molecule has 0 unspecified atom stereocenters. The highest BCUT2D eigenvalue weighted by Crippen LogP contribution is 2.16. The molecule has 0 saturated carbocycles. The first-order chi connectivity index (χ1) is 10.8. The molecule has 110 valence electrons. The Bertz CT molecular complexity index is 736. The first-order valence-electron chi connectivity index (χ1n) is 7.09. The molecule has 4 heteroatoms. The van der Waals surface area contributed by atoms with E-state index in [4.69, 9.17) is 4.74 Å². The predicted octanol–water partition coefficient (Wildman–Crippen LogP) is 3.29. The van der Waals surface area contributed by atoms with Crippen molar-refractivity contribution in [2.45, 2.75) is 13.2 Å². The van der Waals surface area contributed by atoms with Gasteiger partial charge < -0.3 is 9.30 Å².